The van der Waals surface area contributed by atoms with Crippen LogP contribution in [0.15, 0.2) is 36.4 Å². The number of para-hydroxylation sites is 1. The van der Waals surface area contributed by atoms with Crippen molar-refractivity contribution in [1.82, 2.24) is 14.9 Å². The van der Waals surface area contributed by atoms with Gasteiger partial charge < -0.3 is 14.8 Å². The standard InChI is InChI=1S/C21H28N4O3/c1-3-25(13-14-27-2)12-6-9-19(26)23-20-17-7-4-5-8-18(17)22-21(24-20)28-15-16-10-11-16/h4-9,16H,3,10-15H2,1-2H3,(H,22,23,24,26). The van der Waals surface area contributed by atoms with Crippen molar-refractivity contribution in [2.24, 2.45) is 5.92 Å². The van der Waals surface area contributed by atoms with Gasteiger partial charge in [0.2, 0.25) is 5.91 Å². The minimum Gasteiger partial charge on any atom is -0.463 e. The maximum absolute atomic E-state index is 12.4. The highest BCUT2D eigenvalue weighted by atomic mass is 16.5. The van der Waals surface area contributed by atoms with Gasteiger partial charge in [0.25, 0.3) is 0 Å². The third kappa shape index (κ3) is 6.00. The topological polar surface area (TPSA) is 76.6 Å². The average Bonchev–Trinajstić information content (AvgIpc) is 3.53. The molecule has 1 aliphatic rings. The molecule has 1 aromatic carbocycles. The normalized spacial score (nSPS) is 14.1. The summed E-state index contributed by atoms with van der Waals surface area (Å²) in [6.07, 6.45) is 5.78. The van der Waals surface area contributed by atoms with E-state index in [-0.39, 0.29) is 5.91 Å². The number of carbonyl (C=O) groups is 1. The molecular weight excluding hydrogens is 356 g/mol. The lowest BCUT2D eigenvalue weighted by Gasteiger charge is -2.17. The predicted molar refractivity (Wildman–Crippen MR) is 110 cm³/mol. The molecule has 0 bridgehead atoms. The number of nitrogens with zero attached hydrogens (tertiary/aromatic N) is 3. The van der Waals surface area contributed by atoms with Crippen LogP contribution >= 0.6 is 0 Å². The van der Waals surface area contributed by atoms with E-state index in [9.17, 15) is 4.79 Å². The lowest BCUT2D eigenvalue weighted by Crippen LogP contribution is -2.27. The molecule has 1 amide bonds. The van der Waals surface area contributed by atoms with Gasteiger partial charge in [-0.1, -0.05) is 25.1 Å². The van der Waals surface area contributed by atoms with E-state index in [0.717, 1.165) is 24.0 Å². The molecular formula is C21H28N4O3. The van der Waals surface area contributed by atoms with Crippen molar-refractivity contribution >= 4 is 22.6 Å². The van der Waals surface area contributed by atoms with Crippen LogP contribution in [0.4, 0.5) is 5.82 Å². The van der Waals surface area contributed by atoms with E-state index >= 15 is 0 Å². The van der Waals surface area contributed by atoms with E-state index in [4.69, 9.17) is 9.47 Å². The maximum atomic E-state index is 12.4. The molecule has 3 rings (SSSR count). The molecule has 7 heteroatoms. The Bertz CT molecular complexity index is 820. The number of ether oxygens (including phenoxy) is 2. The van der Waals surface area contributed by atoms with Crippen LogP contribution in [-0.4, -0.2) is 60.7 Å². The van der Waals surface area contributed by atoms with Crippen LogP contribution in [0.2, 0.25) is 0 Å². The highest BCUT2D eigenvalue weighted by Gasteiger charge is 2.22. The number of benzene rings is 1. The first kappa shape index (κ1) is 20.2. The summed E-state index contributed by atoms with van der Waals surface area (Å²) < 4.78 is 10.8. The second kappa shape index (κ2) is 10.1. The Morgan fingerprint density at radius 3 is 2.89 bits per heavy atom. The smallest absolute Gasteiger partial charge is 0.318 e. The highest BCUT2D eigenvalue weighted by molar-refractivity contribution is 6.04. The molecule has 1 fully saturated rings. The Balaban J connectivity index is 1.65. The van der Waals surface area contributed by atoms with Gasteiger partial charge in [0.15, 0.2) is 0 Å². The SMILES string of the molecule is CCN(CC=CC(=O)Nc1nc(OCC2CC2)nc2ccccc12)CCOC. The molecule has 7 nitrogen and oxygen atoms in total. The number of hydrogen-bond donors (Lipinski definition) is 1. The van der Waals surface area contributed by atoms with Gasteiger partial charge >= 0.3 is 6.01 Å². The molecule has 1 aromatic heterocycles. The van der Waals surface area contributed by atoms with E-state index in [1.165, 1.54) is 18.9 Å². The summed E-state index contributed by atoms with van der Waals surface area (Å²) in [7, 11) is 1.69. The fraction of sp³-hybridized carbons (Fsp3) is 0.476. The monoisotopic (exact) mass is 384 g/mol. The number of likely N-dealkylation sites (N-methyl/N-ethyl adjacent to an activating group) is 1. The molecule has 1 aliphatic carbocycles. The fourth-order valence-corrected chi connectivity index (χ4v) is 2.76. The first-order chi connectivity index (χ1) is 13.7. The van der Waals surface area contributed by atoms with Crippen LogP contribution in [0, 0.1) is 5.92 Å². The summed E-state index contributed by atoms with van der Waals surface area (Å²) in [6.45, 7) is 5.79. The van der Waals surface area contributed by atoms with Crippen molar-refractivity contribution in [3.05, 3.63) is 36.4 Å². The van der Waals surface area contributed by atoms with Crippen molar-refractivity contribution in [2.75, 3.05) is 45.3 Å². The van der Waals surface area contributed by atoms with Gasteiger partial charge in [-0.05, 0) is 37.4 Å². The zero-order valence-corrected chi connectivity index (χ0v) is 16.6. The van der Waals surface area contributed by atoms with Crippen LogP contribution < -0.4 is 10.1 Å². The summed E-state index contributed by atoms with van der Waals surface area (Å²) >= 11 is 0. The van der Waals surface area contributed by atoms with Crippen LogP contribution in [0.25, 0.3) is 10.9 Å². The number of anilines is 1. The number of amides is 1. The molecule has 0 aliphatic heterocycles. The summed E-state index contributed by atoms with van der Waals surface area (Å²) in [5.41, 5.74) is 0.749. The van der Waals surface area contributed by atoms with Crippen LogP contribution in [-0.2, 0) is 9.53 Å². The van der Waals surface area contributed by atoms with E-state index in [1.54, 1.807) is 7.11 Å². The van der Waals surface area contributed by atoms with Crippen molar-refractivity contribution in [3.8, 4) is 6.01 Å². The minimum absolute atomic E-state index is 0.222. The van der Waals surface area contributed by atoms with Crippen LogP contribution in [0.1, 0.15) is 19.8 Å². The third-order valence-electron chi connectivity index (χ3n) is 4.66. The molecule has 0 unspecified atom stereocenters. The van der Waals surface area contributed by atoms with Gasteiger partial charge in [-0.25, -0.2) is 0 Å². The number of fused-ring (bicyclic) bond motifs is 1. The molecule has 0 saturated heterocycles. The molecule has 2 aromatic rings. The largest absolute Gasteiger partial charge is 0.463 e. The molecule has 150 valence electrons. The van der Waals surface area contributed by atoms with E-state index in [1.807, 2.05) is 30.3 Å². The van der Waals surface area contributed by atoms with Crippen molar-refractivity contribution in [3.63, 3.8) is 0 Å². The van der Waals surface area contributed by atoms with E-state index in [0.29, 0.717) is 37.5 Å². The first-order valence-electron chi connectivity index (χ1n) is 9.78. The molecule has 1 saturated carbocycles. The Morgan fingerprint density at radius 1 is 1.32 bits per heavy atom. The molecule has 28 heavy (non-hydrogen) atoms. The minimum atomic E-state index is -0.222. The van der Waals surface area contributed by atoms with Crippen LogP contribution in [0.5, 0.6) is 6.01 Å². The zero-order chi connectivity index (χ0) is 19.8. The fourth-order valence-electron chi connectivity index (χ4n) is 2.76. The summed E-state index contributed by atoms with van der Waals surface area (Å²) in [4.78, 5) is 23.4. The van der Waals surface area contributed by atoms with Crippen LogP contribution in [0.3, 0.4) is 0 Å². The maximum Gasteiger partial charge on any atom is 0.318 e. The number of nitrogens with one attached hydrogen (secondary N) is 1. The Morgan fingerprint density at radius 2 is 2.14 bits per heavy atom. The van der Waals surface area contributed by atoms with Crippen molar-refractivity contribution in [2.45, 2.75) is 19.8 Å². The average molecular weight is 384 g/mol. The molecule has 0 atom stereocenters. The second-order valence-electron chi connectivity index (χ2n) is 6.90. The van der Waals surface area contributed by atoms with Gasteiger partial charge in [0, 0.05) is 31.7 Å². The first-order valence-corrected chi connectivity index (χ1v) is 9.78. The predicted octanol–water partition coefficient (Wildman–Crippen LogP) is 2.88. The number of carbonyl (C=O) groups excluding carboxylic acids is 1. The third-order valence-corrected chi connectivity index (χ3v) is 4.66. The van der Waals surface area contributed by atoms with Crippen molar-refractivity contribution in [1.29, 1.82) is 0 Å². The number of rotatable bonds is 11. The number of methoxy groups -OCH3 is 1. The van der Waals surface area contributed by atoms with Gasteiger partial charge in [0.1, 0.15) is 5.82 Å². The number of aromatic nitrogens is 2. The summed E-state index contributed by atoms with van der Waals surface area (Å²) in [6, 6.07) is 7.90. The van der Waals surface area contributed by atoms with Crippen molar-refractivity contribution < 1.29 is 14.3 Å². The lowest BCUT2D eigenvalue weighted by atomic mass is 10.2. The Kier molecular flexibility index (Phi) is 7.33. The zero-order valence-electron chi connectivity index (χ0n) is 16.6. The Hall–Kier alpha value is -2.51. The van der Waals surface area contributed by atoms with Gasteiger partial charge in [0.05, 0.1) is 18.7 Å². The number of hydrogen-bond acceptors (Lipinski definition) is 6. The van der Waals surface area contributed by atoms with E-state index in [2.05, 4.69) is 27.1 Å². The van der Waals surface area contributed by atoms with E-state index < -0.39 is 0 Å². The quantitative estimate of drug-likeness (QED) is 0.601. The lowest BCUT2D eigenvalue weighted by molar-refractivity contribution is -0.111. The highest BCUT2D eigenvalue weighted by Crippen LogP contribution is 2.30. The molecule has 1 heterocycles. The summed E-state index contributed by atoms with van der Waals surface area (Å²) in [5, 5.41) is 3.65. The molecule has 1 N–H and O–H groups in total. The molecule has 0 radical (unpaired) electrons. The molecule has 0 spiro atoms. The van der Waals surface area contributed by atoms with Gasteiger partial charge in [-0.3, -0.25) is 9.69 Å². The second-order valence-corrected chi connectivity index (χ2v) is 6.90. The summed E-state index contributed by atoms with van der Waals surface area (Å²) in [5.74, 6) is 0.855. The van der Waals surface area contributed by atoms with Gasteiger partial charge in [-0.15, -0.1) is 0 Å². The Labute approximate surface area is 165 Å². The van der Waals surface area contributed by atoms with Gasteiger partial charge in [-0.2, -0.15) is 9.97 Å².